The topological polar surface area (TPSA) is 237 Å². The van der Waals surface area contributed by atoms with Gasteiger partial charge in [0.25, 0.3) is 0 Å². The molecule has 10 N–H and O–H groups in total. The first-order valence-electron chi connectivity index (χ1n) is 9.90. The number of carboxylic acids is 1. The molecule has 0 radical (unpaired) electrons. The van der Waals surface area contributed by atoms with Gasteiger partial charge in [0.15, 0.2) is 0 Å². The van der Waals surface area contributed by atoms with E-state index in [0.717, 1.165) is 0 Å². The van der Waals surface area contributed by atoms with Crippen LogP contribution in [0, 0.1) is 5.92 Å². The molecule has 5 atom stereocenters. The maximum absolute atomic E-state index is 12.8. The van der Waals surface area contributed by atoms with Crippen LogP contribution >= 0.6 is 12.6 Å². The quantitative estimate of drug-likeness (QED) is 0.113. The maximum Gasteiger partial charge on any atom is 0.326 e. The monoisotopic (exact) mass is 476 g/mol. The molecule has 14 heteroatoms. The lowest BCUT2D eigenvalue weighted by Crippen LogP contribution is -2.59. The zero-order valence-electron chi connectivity index (χ0n) is 18.0. The number of hydrogen-bond acceptors (Lipinski definition) is 8. The largest absolute Gasteiger partial charge is 0.480 e. The van der Waals surface area contributed by atoms with Crippen molar-refractivity contribution in [2.24, 2.45) is 23.1 Å². The number of thiol groups is 1. The number of aliphatic carboxylic acids is 1. The summed E-state index contributed by atoms with van der Waals surface area (Å²) in [5.41, 5.74) is 15.8. The Kier molecular flexibility index (Phi) is 13.0. The van der Waals surface area contributed by atoms with Gasteiger partial charge in [0.2, 0.25) is 29.5 Å². The lowest BCUT2D eigenvalue weighted by Gasteiger charge is -2.27. The molecule has 0 fully saturated rings. The number of carbonyl (C=O) groups is 6. The van der Waals surface area contributed by atoms with Crippen molar-refractivity contribution in [3.8, 4) is 0 Å². The Hall–Kier alpha value is -2.87. The van der Waals surface area contributed by atoms with Crippen LogP contribution in [0.25, 0.3) is 0 Å². The van der Waals surface area contributed by atoms with Crippen molar-refractivity contribution >= 4 is 48.1 Å². The standard InChI is InChI=1S/C18H32N6O7S/c1-3-8(2)14(24-15(27)9(19)7-32)17(29)23-11(6-13(21)26)16(28)22-10(18(30)31)4-5-12(20)25/h8-11,14,32H,3-7,19H2,1-2H3,(H2,20,25)(H2,21,26)(H,22,28)(H,23,29)(H,24,27)(H,30,31). The van der Waals surface area contributed by atoms with Crippen LogP contribution in [0.15, 0.2) is 0 Å². The summed E-state index contributed by atoms with van der Waals surface area (Å²) in [6.45, 7) is 3.46. The number of nitrogens with one attached hydrogen (secondary N) is 3. The molecule has 0 aliphatic rings. The molecule has 5 amide bonds. The van der Waals surface area contributed by atoms with Gasteiger partial charge in [-0.05, 0) is 12.3 Å². The van der Waals surface area contributed by atoms with Crippen molar-refractivity contribution in [1.82, 2.24) is 16.0 Å². The molecule has 0 aliphatic heterocycles. The highest BCUT2D eigenvalue weighted by Crippen LogP contribution is 2.10. The number of nitrogens with two attached hydrogens (primary N) is 3. The predicted octanol–water partition coefficient (Wildman–Crippen LogP) is -3.03. The zero-order valence-corrected chi connectivity index (χ0v) is 18.9. The van der Waals surface area contributed by atoms with Gasteiger partial charge in [0.05, 0.1) is 12.5 Å². The Morgan fingerprint density at radius 1 is 0.906 bits per heavy atom. The molecule has 13 nitrogen and oxygen atoms in total. The SMILES string of the molecule is CCC(C)C(NC(=O)C(N)CS)C(=O)NC(CC(N)=O)C(=O)NC(CCC(N)=O)C(=O)O. The Balaban J connectivity index is 5.54. The molecule has 0 saturated heterocycles. The normalized spacial score (nSPS) is 15.4. The first-order valence-corrected chi connectivity index (χ1v) is 10.5. The van der Waals surface area contributed by atoms with Gasteiger partial charge >= 0.3 is 5.97 Å². The van der Waals surface area contributed by atoms with Crippen molar-refractivity contribution in [2.75, 3.05) is 5.75 Å². The summed E-state index contributed by atoms with van der Waals surface area (Å²) in [6.07, 6.45) is -0.745. The molecule has 182 valence electrons. The fourth-order valence-electron chi connectivity index (χ4n) is 2.53. The summed E-state index contributed by atoms with van der Waals surface area (Å²) in [5.74, 6) is -5.89. The minimum Gasteiger partial charge on any atom is -0.480 e. The van der Waals surface area contributed by atoms with Crippen molar-refractivity contribution < 1.29 is 33.9 Å². The van der Waals surface area contributed by atoms with Gasteiger partial charge in [-0.3, -0.25) is 24.0 Å². The van der Waals surface area contributed by atoms with Crippen molar-refractivity contribution in [1.29, 1.82) is 0 Å². The fraction of sp³-hybridized carbons (Fsp3) is 0.667. The average Bonchev–Trinajstić information content (AvgIpc) is 2.71. The lowest BCUT2D eigenvalue weighted by molar-refractivity contribution is -0.142. The van der Waals surface area contributed by atoms with Crippen LogP contribution in [-0.4, -0.2) is 70.5 Å². The van der Waals surface area contributed by atoms with Crippen molar-refractivity contribution in [3.05, 3.63) is 0 Å². The number of carbonyl (C=O) groups excluding carboxylic acids is 5. The van der Waals surface area contributed by atoms with E-state index in [-0.39, 0.29) is 24.5 Å². The third kappa shape index (κ3) is 10.4. The van der Waals surface area contributed by atoms with E-state index >= 15 is 0 Å². The van der Waals surface area contributed by atoms with E-state index in [9.17, 15) is 33.9 Å². The van der Waals surface area contributed by atoms with Crippen LogP contribution in [0.3, 0.4) is 0 Å². The molecule has 0 heterocycles. The molecule has 0 aliphatic carbocycles. The van der Waals surface area contributed by atoms with Gasteiger partial charge in [-0.1, -0.05) is 20.3 Å². The van der Waals surface area contributed by atoms with Crippen LogP contribution in [0.2, 0.25) is 0 Å². The molecule has 5 unspecified atom stereocenters. The smallest absolute Gasteiger partial charge is 0.326 e. The Morgan fingerprint density at radius 3 is 1.91 bits per heavy atom. The van der Waals surface area contributed by atoms with E-state index in [0.29, 0.717) is 6.42 Å². The number of hydrogen-bond donors (Lipinski definition) is 8. The first-order chi connectivity index (χ1) is 14.8. The second-order valence-electron chi connectivity index (χ2n) is 7.30. The maximum atomic E-state index is 12.8. The van der Waals surface area contributed by atoms with E-state index in [1.54, 1.807) is 13.8 Å². The minimum absolute atomic E-state index is 0.0370. The number of primary amides is 2. The van der Waals surface area contributed by atoms with E-state index < -0.39 is 66.1 Å². The van der Waals surface area contributed by atoms with Crippen LogP contribution in [0.5, 0.6) is 0 Å². The molecular weight excluding hydrogens is 444 g/mol. The number of rotatable bonds is 15. The van der Waals surface area contributed by atoms with Gasteiger partial charge in [-0.2, -0.15) is 12.6 Å². The van der Waals surface area contributed by atoms with Crippen LogP contribution in [0.1, 0.15) is 39.5 Å². The zero-order chi connectivity index (χ0) is 25.0. The Bertz CT molecular complexity index is 720. The first kappa shape index (κ1) is 29.1. The van der Waals surface area contributed by atoms with E-state index in [4.69, 9.17) is 17.2 Å². The third-order valence-electron chi connectivity index (χ3n) is 4.66. The Morgan fingerprint density at radius 2 is 1.47 bits per heavy atom. The highest BCUT2D eigenvalue weighted by atomic mass is 32.1. The van der Waals surface area contributed by atoms with Gasteiger partial charge < -0.3 is 38.3 Å². The summed E-state index contributed by atoms with van der Waals surface area (Å²) in [4.78, 5) is 71.2. The average molecular weight is 477 g/mol. The molecule has 0 aromatic heterocycles. The summed E-state index contributed by atoms with van der Waals surface area (Å²) in [6, 6.07) is -5.06. The van der Waals surface area contributed by atoms with Gasteiger partial charge in [-0.15, -0.1) is 0 Å². The molecule has 32 heavy (non-hydrogen) atoms. The van der Waals surface area contributed by atoms with Crippen molar-refractivity contribution in [3.63, 3.8) is 0 Å². The second-order valence-corrected chi connectivity index (χ2v) is 7.66. The number of carboxylic acid groups (broad SMARTS) is 1. The molecule has 0 saturated carbocycles. The highest BCUT2D eigenvalue weighted by Gasteiger charge is 2.33. The van der Waals surface area contributed by atoms with E-state index in [2.05, 4.69) is 28.6 Å². The number of amides is 5. The van der Waals surface area contributed by atoms with Crippen LogP contribution in [-0.2, 0) is 28.8 Å². The third-order valence-corrected chi connectivity index (χ3v) is 5.05. The second kappa shape index (κ2) is 14.2. The van der Waals surface area contributed by atoms with Crippen molar-refractivity contribution in [2.45, 2.75) is 63.7 Å². The summed E-state index contributed by atoms with van der Waals surface area (Å²) < 4.78 is 0. The summed E-state index contributed by atoms with van der Waals surface area (Å²) in [5, 5.41) is 16.2. The molecule has 0 spiro atoms. The van der Waals surface area contributed by atoms with E-state index in [1.807, 2.05) is 0 Å². The van der Waals surface area contributed by atoms with E-state index in [1.165, 1.54) is 0 Å². The Labute approximate surface area is 191 Å². The predicted molar refractivity (Wildman–Crippen MR) is 117 cm³/mol. The van der Waals surface area contributed by atoms with Gasteiger partial charge in [0.1, 0.15) is 18.1 Å². The highest BCUT2D eigenvalue weighted by molar-refractivity contribution is 7.80. The molecule has 0 aromatic carbocycles. The van der Waals surface area contributed by atoms with Gasteiger partial charge in [0, 0.05) is 12.2 Å². The molecule has 0 aromatic rings. The minimum atomic E-state index is -1.52. The molecular formula is C18H32N6O7S. The fourth-order valence-corrected chi connectivity index (χ4v) is 2.70. The van der Waals surface area contributed by atoms with Gasteiger partial charge in [-0.25, -0.2) is 4.79 Å². The van der Waals surface area contributed by atoms with Crippen LogP contribution < -0.4 is 33.2 Å². The molecule has 0 rings (SSSR count). The summed E-state index contributed by atoms with van der Waals surface area (Å²) in [7, 11) is 0. The van der Waals surface area contributed by atoms with Crippen LogP contribution in [0.4, 0.5) is 0 Å². The summed E-state index contributed by atoms with van der Waals surface area (Å²) >= 11 is 3.93. The molecule has 0 bridgehead atoms. The lowest BCUT2D eigenvalue weighted by atomic mass is 9.97.